The van der Waals surface area contributed by atoms with E-state index in [1.165, 1.54) is 0 Å². The van der Waals surface area contributed by atoms with Crippen LogP contribution in [0.4, 0.5) is 10.1 Å². The van der Waals surface area contributed by atoms with Crippen molar-refractivity contribution in [3.8, 4) is 16.3 Å². The van der Waals surface area contributed by atoms with Crippen LogP contribution in [0.5, 0.6) is 5.75 Å². The number of alkyl halides is 1. The topological polar surface area (TPSA) is 48.1 Å². The van der Waals surface area contributed by atoms with E-state index >= 15 is 0 Å². The van der Waals surface area contributed by atoms with E-state index < -0.39 is 6.67 Å². The lowest BCUT2D eigenvalue weighted by Gasteiger charge is -2.01. The minimum atomic E-state index is -0.501. The van der Waals surface area contributed by atoms with Crippen molar-refractivity contribution >= 4 is 39.4 Å². The van der Waals surface area contributed by atoms with Crippen molar-refractivity contribution in [3.63, 3.8) is 0 Å². The summed E-state index contributed by atoms with van der Waals surface area (Å²) >= 11 is 1.63. The third kappa shape index (κ3) is 4.21. The van der Waals surface area contributed by atoms with E-state index in [2.05, 4.69) is 36.4 Å². The number of hydrogen-bond donors (Lipinski definition) is 1. The number of aromatic nitrogens is 1. The number of nitrogen functional groups attached to an aromatic ring is 1. The molecule has 0 saturated carbocycles. The summed E-state index contributed by atoms with van der Waals surface area (Å²) in [5.74, 6) is 0.644. The molecule has 28 heavy (non-hydrogen) atoms. The molecule has 3 aromatic carbocycles. The van der Waals surface area contributed by atoms with Crippen LogP contribution < -0.4 is 10.5 Å². The molecule has 0 fully saturated rings. The monoisotopic (exact) mass is 390 g/mol. The zero-order chi connectivity index (χ0) is 19.3. The van der Waals surface area contributed by atoms with Crippen LogP contribution in [0.15, 0.2) is 66.7 Å². The first-order valence-electron chi connectivity index (χ1n) is 8.95. The van der Waals surface area contributed by atoms with Crippen LogP contribution >= 0.6 is 11.3 Å². The minimum Gasteiger partial charge on any atom is -0.491 e. The Morgan fingerprint density at radius 3 is 2.29 bits per heavy atom. The van der Waals surface area contributed by atoms with Gasteiger partial charge in [0.2, 0.25) is 0 Å². The van der Waals surface area contributed by atoms with Gasteiger partial charge < -0.3 is 10.5 Å². The van der Waals surface area contributed by atoms with Gasteiger partial charge in [0.15, 0.2) is 0 Å². The van der Waals surface area contributed by atoms with E-state index in [1.54, 1.807) is 11.3 Å². The number of fused-ring (bicyclic) bond motifs is 1. The Labute approximate surface area is 166 Å². The predicted molar refractivity (Wildman–Crippen MR) is 116 cm³/mol. The number of hydrogen-bond acceptors (Lipinski definition) is 4. The smallest absolute Gasteiger partial charge is 0.124 e. The number of rotatable bonds is 6. The second kappa shape index (κ2) is 8.23. The molecular formula is C23H19FN2OS. The Morgan fingerprint density at radius 2 is 1.61 bits per heavy atom. The van der Waals surface area contributed by atoms with Crippen LogP contribution in [-0.2, 0) is 0 Å². The second-order valence-corrected chi connectivity index (χ2v) is 7.34. The van der Waals surface area contributed by atoms with E-state index in [1.807, 2.05) is 42.5 Å². The van der Waals surface area contributed by atoms with Gasteiger partial charge in [0.05, 0.1) is 10.2 Å². The largest absolute Gasteiger partial charge is 0.491 e. The molecule has 0 amide bonds. The summed E-state index contributed by atoms with van der Waals surface area (Å²) in [5.41, 5.74) is 10.6. The Bertz CT molecular complexity index is 1100. The fourth-order valence-corrected chi connectivity index (χ4v) is 3.76. The first-order valence-corrected chi connectivity index (χ1v) is 9.76. The molecule has 0 unspecified atom stereocenters. The van der Waals surface area contributed by atoms with E-state index in [9.17, 15) is 4.39 Å². The van der Waals surface area contributed by atoms with Crippen LogP contribution in [0, 0.1) is 0 Å². The van der Waals surface area contributed by atoms with Gasteiger partial charge in [-0.1, -0.05) is 48.6 Å². The maximum atomic E-state index is 12.3. The van der Waals surface area contributed by atoms with Gasteiger partial charge in [-0.2, -0.15) is 0 Å². The average molecular weight is 390 g/mol. The highest BCUT2D eigenvalue weighted by Gasteiger charge is 2.07. The van der Waals surface area contributed by atoms with Crippen molar-refractivity contribution in [2.45, 2.75) is 0 Å². The van der Waals surface area contributed by atoms with Crippen LogP contribution in [0.3, 0.4) is 0 Å². The second-order valence-electron chi connectivity index (χ2n) is 6.31. The molecule has 1 aromatic heterocycles. The van der Waals surface area contributed by atoms with Gasteiger partial charge in [0.25, 0.3) is 0 Å². The van der Waals surface area contributed by atoms with Gasteiger partial charge in [-0.25, -0.2) is 9.37 Å². The van der Waals surface area contributed by atoms with Gasteiger partial charge in [-0.3, -0.25) is 0 Å². The highest BCUT2D eigenvalue weighted by atomic mass is 32.1. The quantitative estimate of drug-likeness (QED) is 0.321. The molecule has 0 aliphatic carbocycles. The normalized spacial score (nSPS) is 11.3. The van der Waals surface area contributed by atoms with Crippen LogP contribution in [0.25, 0.3) is 32.9 Å². The molecule has 4 rings (SSSR count). The number of anilines is 1. The Hall–Kier alpha value is -3.18. The van der Waals surface area contributed by atoms with Crippen LogP contribution in [0.2, 0.25) is 0 Å². The molecule has 0 aliphatic rings. The zero-order valence-electron chi connectivity index (χ0n) is 15.1. The first-order chi connectivity index (χ1) is 13.7. The molecule has 0 spiro atoms. The molecule has 0 radical (unpaired) electrons. The van der Waals surface area contributed by atoms with E-state index in [0.717, 1.165) is 37.6 Å². The summed E-state index contributed by atoms with van der Waals surface area (Å²) in [6.07, 6.45) is 4.13. The van der Waals surface area contributed by atoms with E-state index in [4.69, 9.17) is 15.5 Å². The fraction of sp³-hybridized carbons (Fsp3) is 0.0870. The average Bonchev–Trinajstić information content (AvgIpc) is 3.15. The molecule has 0 saturated heterocycles. The molecule has 3 nitrogen and oxygen atoms in total. The van der Waals surface area contributed by atoms with Crippen LogP contribution in [-0.4, -0.2) is 18.3 Å². The summed E-state index contributed by atoms with van der Waals surface area (Å²) in [5, 5.41) is 0.951. The SMILES string of the molecule is Nc1ccc(/C=C/c2ccc(-c3nc4cc(OCCF)ccc4s3)cc2)cc1. The van der Waals surface area contributed by atoms with E-state index in [0.29, 0.717) is 5.75 Å². The first kappa shape index (κ1) is 18.2. The number of benzene rings is 3. The van der Waals surface area contributed by atoms with Crippen LogP contribution in [0.1, 0.15) is 11.1 Å². The number of halogens is 1. The molecular weight excluding hydrogens is 371 g/mol. The lowest BCUT2D eigenvalue weighted by molar-refractivity contribution is 0.273. The third-order valence-corrected chi connectivity index (χ3v) is 5.35. The van der Waals surface area contributed by atoms with Crippen molar-refractivity contribution in [3.05, 3.63) is 77.9 Å². The Balaban J connectivity index is 1.52. The Morgan fingerprint density at radius 1 is 0.929 bits per heavy atom. The molecule has 1 heterocycles. The summed E-state index contributed by atoms with van der Waals surface area (Å²) in [6.45, 7) is -0.437. The maximum Gasteiger partial charge on any atom is 0.124 e. The lowest BCUT2D eigenvalue weighted by atomic mass is 10.1. The van der Waals surface area contributed by atoms with Crippen molar-refractivity contribution in [1.82, 2.24) is 4.98 Å². The molecule has 0 bridgehead atoms. The maximum absolute atomic E-state index is 12.3. The van der Waals surface area contributed by atoms with Gasteiger partial charge >= 0.3 is 0 Å². The van der Waals surface area contributed by atoms with Crippen molar-refractivity contribution in [1.29, 1.82) is 0 Å². The van der Waals surface area contributed by atoms with Gasteiger partial charge in [-0.05, 0) is 35.4 Å². The highest BCUT2D eigenvalue weighted by Crippen LogP contribution is 2.32. The lowest BCUT2D eigenvalue weighted by Crippen LogP contribution is -1.97. The molecule has 4 aromatic rings. The number of nitrogens with two attached hydrogens (primary N) is 1. The summed E-state index contributed by atoms with van der Waals surface area (Å²) < 4.78 is 18.7. The molecule has 140 valence electrons. The molecule has 0 aliphatic heterocycles. The summed E-state index contributed by atoms with van der Waals surface area (Å²) in [7, 11) is 0. The summed E-state index contributed by atoms with van der Waals surface area (Å²) in [6, 6.07) is 21.7. The van der Waals surface area contributed by atoms with Crippen molar-refractivity contribution < 1.29 is 9.13 Å². The standard InChI is InChI=1S/C23H19FN2OS/c24-13-14-27-20-11-12-22-21(15-20)26-23(28-22)18-7-3-16(4-8-18)1-2-17-5-9-19(25)10-6-17/h1-12,15H,13-14,25H2/b2-1+. The molecule has 2 N–H and O–H groups in total. The third-order valence-electron chi connectivity index (χ3n) is 4.27. The van der Waals surface area contributed by atoms with Gasteiger partial charge in [0, 0.05) is 17.3 Å². The van der Waals surface area contributed by atoms with Gasteiger partial charge in [0.1, 0.15) is 24.0 Å². The number of nitrogens with zero attached hydrogens (tertiary/aromatic N) is 1. The van der Waals surface area contributed by atoms with Crippen molar-refractivity contribution in [2.75, 3.05) is 19.0 Å². The van der Waals surface area contributed by atoms with Gasteiger partial charge in [-0.15, -0.1) is 11.3 Å². The van der Waals surface area contributed by atoms with Crippen molar-refractivity contribution in [2.24, 2.45) is 0 Å². The molecule has 5 heteroatoms. The number of thiazole rings is 1. The minimum absolute atomic E-state index is 0.0633. The zero-order valence-corrected chi connectivity index (χ0v) is 16.0. The highest BCUT2D eigenvalue weighted by molar-refractivity contribution is 7.21. The fourth-order valence-electron chi connectivity index (χ4n) is 2.81. The predicted octanol–water partition coefficient (Wildman–Crippen LogP) is 6.06. The number of ether oxygens (including phenoxy) is 1. The van der Waals surface area contributed by atoms with E-state index in [-0.39, 0.29) is 6.61 Å². The molecule has 0 atom stereocenters. The Kier molecular flexibility index (Phi) is 5.35. The summed E-state index contributed by atoms with van der Waals surface area (Å²) in [4.78, 5) is 4.70.